The molecule has 4 N–H and O–H groups in total. The zero-order valence-corrected chi connectivity index (χ0v) is 23.9. The van der Waals surface area contributed by atoms with Gasteiger partial charge in [0.05, 0.1) is 12.8 Å². The maximum Gasteiger partial charge on any atom is 0.299 e. The van der Waals surface area contributed by atoms with Crippen LogP contribution in [0.1, 0.15) is 13.3 Å². The predicted octanol–water partition coefficient (Wildman–Crippen LogP) is 3.88. The molecule has 4 rings (SSSR count). The Morgan fingerprint density at radius 1 is 1.08 bits per heavy atom. The summed E-state index contributed by atoms with van der Waals surface area (Å²) < 4.78 is 30.0. The first-order valence-corrected chi connectivity index (χ1v) is 12.2. The van der Waals surface area contributed by atoms with Gasteiger partial charge in [0, 0.05) is 56.5 Å². The molecule has 1 heterocycles. The van der Waals surface area contributed by atoms with E-state index in [1.165, 1.54) is 6.07 Å². The Balaban J connectivity index is 0.00000400. The summed E-state index contributed by atoms with van der Waals surface area (Å²) in [7, 11) is -3.24. The number of phenolic OH excluding ortho intramolecular Hbond substituents is 1. The molecule has 0 fully saturated rings. The summed E-state index contributed by atoms with van der Waals surface area (Å²) in [6.45, 7) is 1.69. The average molecular weight is 610 g/mol. The molecule has 38 heavy (non-hydrogen) atoms. The number of hydrazine groups is 1. The van der Waals surface area contributed by atoms with Crippen LogP contribution in [0.5, 0.6) is 5.75 Å². The van der Waals surface area contributed by atoms with E-state index in [2.05, 4.69) is 51.9 Å². The molecule has 193 valence electrons. The summed E-state index contributed by atoms with van der Waals surface area (Å²) in [5.41, 5.74) is 5.44. The molecule has 0 aliphatic carbocycles. The van der Waals surface area contributed by atoms with Crippen molar-refractivity contribution >= 4 is 55.8 Å². The zero-order valence-electron chi connectivity index (χ0n) is 20.2. The second kappa shape index (κ2) is 12.8. The monoisotopic (exact) mass is 610 g/mol. The molecule has 0 saturated heterocycles. The van der Waals surface area contributed by atoms with Crippen LogP contribution in [0.3, 0.4) is 0 Å². The number of phenols is 1. The van der Waals surface area contributed by atoms with Crippen molar-refractivity contribution in [3.8, 4) is 5.75 Å². The summed E-state index contributed by atoms with van der Waals surface area (Å²) >= 11 is 0. The van der Waals surface area contributed by atoms with Crippen LogP contribution in [0.25, 0.3) is 10.8 Å². The number of hydrogen-bond acceptors (Lipinski definition) is 12. The van der Waals surface area contributed by atoms with Crippen LogP contribution in [-0.4, -0.2) is 41.5 Å². The van der Waals surface area contributed by atoms with Gasteiger partial charge in [-0.25, -0.2) is 0 Å². The first-order chi connectivity index (χ1) is 17.8. The van der Waals surface area contributed by atoms with Gasteiger partial charge in [0.1, 0.15) is 22.5 Å². The van der Waals surface area contributed by atoms with Crippen molar-refractivity contribution in [1.82, 2.24) is 20.4 Å². The van der Waals surface area contributed by atoms with E-state index in [9.17, 15) is 18.3 Å². The average Bonchev–Trinajstić information content (AvgIpc) is 2.91. The van der Waals surface area contributed by atoms with Gasteiger partial charge in [-0.15, -0.1) is 5.11 Å². The SMILES string of the molecule is CCC(=O)NNc1n[c-]nc(Nc2cccc3cc(S(=O)(=O)OC)c(N=Nc4ccccc4)c(O)c23)n1.[Y]. The molecule has 3 aromatic carbocycles. The van der Waals surface area contributed by atoms with E-state index in [0.29, 0.717) is 16.8 Å². The standard InChI is InChI=1S/C23H21N8O5S.Y/c1-3-18(32)29-31-23-25-13-24-22(27-23)26-16-11-7-8-14-12-17(37(34,35)36-2)20(21(33)19(14)16)30-28-15-9-5-4-6-10-15;/h4-12,33H,3H2,1-2H3,(H,29,32)(H2,24,25,26,27,31);/q-1;. The Kier molecular flexibility index (Phi) is 9.74. The fourth-order valence-corrected chi connectivity index (χ4v) is 4.02. The van der Waals surface area contributed by atoms with E-state index in [1.807, 2.05) is 0 Å². The number of rotatable bonds is 9. The number of nitrogens with zero attached hydrogens (tertiary/aromatic N) is 5. The van der Waals surface area contributed by atoms with Gasteiger partial charge >= 0.3 is 0 Å². The Hall–Kier alpha value is -3.59. The topological polar surface area (TPSA) is 180 Å². The summed E-state index contributed by atoms with van der Waals surface area (Å²) in [5, 5.41) is 22.9. The van der Waals surface area contributed by atoms with Crippen LogP contribution in [0.2, 0.25) is 0 Å². The minimum Gasteiger partial charge on any atom is -0.505 e. The van der Waals surface area contributed by atoms with E-state index in [4.69, 9.17) is 0 Å². The number of hydrogen-bond donors (Lipinski definition) is 4. The fraction of sp³-hybridized carbons (Fsp3) is 0.130. The quantitative estimate of drug-likeness (QED) is 0.0940. The first kappa shape index (κ1) is 29.0. The van der Waals surface area contributed by atoms with E-state index in [0.717, 1.165) is 7.11 Å². The minimum atomic E-state index is -4.26. The van der Waals surface area contributed by atoms with Crippen molar-refractivity contribution < 1.29 is 55.2 Å². The van der Waals surface area contributed by atoms with Crippen molar-refractivity contribution in [3.05, 3.63) is 60.9 Å². The van der Waals surface area contributed by atoms with Crippen LogP contribution in [0.15, 0.2) is 69.7 Å². The van der Waals surface area contributed by atoms with Gasteiger partial charge in [0.15, 0.2) is 5.75 Å². The van der Waals surface area contributed by atoms with Crippen molar-refractivity contribution in [3.63, 3.8) is 0 Å². The Morgan fingerprint density at radius 2 is 1.82 bits per heavy atom. The molecule has 0 aliphatic rings. The van der Waals surface area contributed by atoms with Gasteiger partial charge in [-0.1, -0.05) is 37.3 Å². The van der Waals surface area contributed by atoms with Crippen molar-refractivity contribution in [2.45, 2.75) is 18.2 Å². The molecule has 4 aromatic rings. The van der Waals surface area contributed by atoms with E-state index >= 15 is 0 Å². The Bertz CT molecular complexity index is 1590. The molecule has 1 aromatic heterocycles. The van der Waals surface area contributed by atoms with Crippen molar-refractivity contribution in [2.24, 2.45) is 10.2 Å². The van der Waals surface area contributed by atoms with Gasteiger partial charge in [0.25, 0.3) is 10.1 Å². The van der Waals surface area contributed by atoms with Gasteiger partial charge in [-0.05, 0) is 29.7 Å². The molecule has 0 bridgehead atoms. The number of aromatic nitrogens is 3. The zero-order chi connectivity index (χ0) is 26.4. The summed E-state index contributed by atoms with van der Waals surface area (Å²) in [4.78, 5) is 23.0. The molecule has 0 atom stereocenters. The third-order valence-corrected chi connectivity index (χ3v) is 6.28. The van der Waals surface area contributed by atoms with Gasteiger partial charge < -0.3 is 30.8 Å². The maximum absolute atomic E-state index is 12.7. The smallest absolute Gasteiger partial charge is 0.299 e. The Labute approximate surface area is 243 Å². The largest absolute Gasteiger partial charge is 0.505 e. The number of carbonyl (C=O) groups is 1. The van der Waals surface area contributed by atoms with E-state index in [-0.39, 0.29) is 72.9 Å². The number of nitrogens with one attached hydrogen (secondary N) is 3. The second-order valence-corrected chi connectivity index (χ2v) is 9.05. The molecule has 0 spiro atoms. The number of azo groups is 1. The molecular formula is C23H21N8O5SY-. The van der Waals surface area contributed by atoms with Crippen LogP contribution >= 0.6 is 0 Å². The Morgan fingerprint density at radius 3 is 2.53 bits per heavy atom. The van der Waals surface area contributed by atoms with Crippen LogP contribution in [-0.2, 0) is 51.8 Å². The van der Waals surface area contributed by atoms with E-state index in [1.54, 1.807) is 55.5 Å². The third-order valence-electron chi connectivity index (χ3n) is 4.99. The molecule has 0 aliphatic heterocycles. The summed E-state index contributed by atoms with van der Waals surface area (Å²) in [5.74, 6) is -0.666. The van der Waals surface area contributed by atoms with Gasteiger partial charge in [0.2, 0.25) is 5.91 Å². The third kappa shape index (κ3) is 6.64. The van der Waals surface area contributed by atoms with E-state index < -0.39 is 15.9 Å². The van der Waals surface area contributed by atoms with Crippen LogP contribution < -0.4 is 16.2 Å². The molecule has 1 radical (unpaired) electrons. The second-order valence-electron chi connectivity index (χ2n) is 7.37. The number of carbonyl (C=O) groups excluding carboxylic acids is 1. The summed E-state index contributed by atoms with van der Waals surface area (Å²) in [6, 6.07) is 14.8. The van der Waals surface area contributed by atoms with Crippen LogP contribution in [0, 0.1) is 6.33 Å². The molecule has 15 heteroatoms. The van der Waals surface area contributed by atoms with Gasteiger partial charge in [-0.3, -0.25) is 14.4 Å². The number of amides is 1. The molecule has 0 unspecified atom stereocenters. The molecular weight excluding hydrogens is 589 g/mol. The molecule has 1 amide bonds. The molecule has 13 nitrogen and oxygen atoms in total. The van der Waals surface area contributed by atoms with Crippen molar-refractivity contribution in [2.75, 3.05) is 17.9 Å². The summed E-state index contributed by atoms with van der Waals surface area (Å²) in [6.07, 6.45) is 2.67. The predicted molar refractivity (Wildman–Crippen MR) is 134 cm³/mol. The molecule has 0 saturated carbocycles. The van der Waals surface area contributed by atoms with Crippen LogP contribution in [0.4, 0.5) is 29.0 Å². The fourth-order valence-electron chi connectivity index (χ4n) is 3.20. The minimum absolute atomic E-state index is 0. The maximum atomic E-state index is 12.7. The van der Waals surface area contributed by atoms with Crippen molar-refractivity contribution in [1.29, 1.82) is 0 Å². The number of anilines is 3. The first-order valence-electron chi connectivity index (χ1n) is 10.8. The van der Waals surface area contributed by atoms with Gasteiger partial charge in [-0.2, -0.15) is 13.5 Å². The number of aromatic hydroxyl groups is 1. The number of benzene rings is 3. The number of fused-ring (bicyclic) bond motifs is 1. The normalized spacial score (nSPS) is 11.2.